The second kappa shape index (κ2) is 5.76. The molecule has 3 atom stereocenters. The molecule has 0 bridgehead atoms. The first-order valence-electron chi connectivity index (χ1n) is 6.49. The molecule has 2 aliphatic rings. The fourth-order valence-corrected chi connectivity index (χ4v) is 2.97. The van der Waals surface area contributed by atoms with Crippen molar-refractivity contribution in [2.24, 2.45) is 15.9 Å². The zero-order valence-electron chi connectivity index (χ0n) is 11.3. The standard InChI is InChI=1S/C10H15ClN6O4S/c11-10-15-8(12)7-9(16-10)17(4-14-7)6-2-1-5(21-6)3-20-22(13,18)19/h4-6,8H,1-3,12H2,(H,15,16)(H2,13,18,19)/t5-,6+,8?/m0/s1. The van der Waals surface area contributed by atoms with E-state index in [1.54, 1.807) is 10.9 Å². The molecule has 5 N–H and O–H groups in total. The molecule has 1 aromatic heterocycles. The smallest absolute Gasteiger partial charge is 0.333 e. The van der Waals surface area contributed by atoms with E-state index in [2.05, 4.69) is 19.5 Å². The number of hydrogen-bond acceptors (Lipinski definition) is 8. The third-order valence-corrected chi connectivity index (χ3v) is 4.05. The van der Waals surface area contributed by atoms with Crippen LogP contribution in [-0.4, -0.2) is 36.0 Å². The van der Waals surface area contributed by atoms with Crippen LogP contribution in [0, 0.1) is 0 Å². The quantitative estimate of drug-likeness (QED) is 0.634. The molecule has 0 aromatic carbocycles. The van der Waals surface area contributed by atoms with E-state index in [4.69, 9.17) is 27.2 Å². The van der Waals surface area contributed by atoms with Crippen LogP contribution in [0.4, 0.5) is 5.82 Å². The highest BCUT2D eigenvalue weighted by Crippen LogP contribution is 2.35. The van der Waals surface area contributed by atoms with Crippen LogP contribution < -0.4 is 16.2 Å². The van der Waals surface area contributed by atoms with Crippen molar-refractivity contribution < 1.29 is 17.3 Å². The van der Waals surface area contributed by atoms with Crippen LogP contribution in [0.3, 0.4) is 0 Å². The highest BCUT2D eigenvalue weighted by molar-refractivity contribution is 7.84. The summed E-state index contributed by atoms with van der Waals surface area (Å²) >= 11 is 5.88. The van der Waals surface area contributed by atoms with Crippen molar-refractivity contribution in [3.8, 4) is 0 Å². The van der Waals surface area contributed by atoms with Crippen LogP contribution in [0.2, 0.25) is 0 Å². The normalized spacial score (nSPS) is 28.1. The number of nitrogens with two attached hydrogens (primary N) is 2. The molecule has 10 nitrogen and oxygen atoms in total. The molecule has 0 radical (unpaired) electrons. The van der Waals surface area contributed by atoms with Gasteiger partial charge in [-0.25, -0.2) is 15.1 Å². The first-order valence-corrected chi connectivity index (χ1v) is 8.33. The van der Waals surface area contributed by atoms with Crippen molar-refractivity contribution in [1.29, 1.82) is 0 Å². The Bertz CT molecular complexity index is 704. The Hall–Kier alpha value is -1.24. The lowest BCUT2D eigenvalue weighted by Crippen LogP contribution is -2.25. The zero-order chi connectivity index (χ0) is 15.9. The Labute approximate surface area is 131 Å². The van der Waals surface area contributed by atoms with Crippen molar-refractivity contribution in [1.82, 2.24) is 9.55 Å². The van der Waals surface area contributed by atoms with E-state index in [0.717, 1.165) is 0 Å². The molecule has 1 unspecified atom stereocenters. The SMILES string of the molecule is NC1N=C(Cl)Nc2c1ncn2[C@H]1CC[C@@H](COS(N)(=O)=O)O1. The van der Waals surface area contributed by atoms with E-state index in [9.17, 15) is 8.42 Å². The summed E-state index contributed by atoms with van der Waals surface area (Å²) in [5.41, 5.74) is 6.41. The van der Waals surface area contributed by atoms with Crippen molar-refractivity contribution in [3.05, 3.63) is 12.0 Å². The van der Waals surface area contributed by atoms with Gasteiger partial charge in [-0.15, -0.1) is 0 Å². The molecule has 0 saturated carbocycles. The number of nitrogens with zero attached hydrogens (tertiary/aromatic N) is 3. The molecule has 3 rings (SSSR count). The summed E-state index contributed by atoms with van der Waals surface area (Å²) in [4.78, 5) is 8.18. The second-order valence-electron chi connectivity index (χ2n) is 4.94. The van der Waals surface area contributed by atoms with Gasteiger partial charge in [0.2, 0.25) is 0 Å². The molecule has 122 valence electrons. The van der Waals surface area contributed by atoms with Gasteiger partial charge in [0.05, 0.1) is 19.0 Å². The summed E-state index contributed by atoms with van der Waals surface area (Å²) < 4.78 is 33.6. The van der Waals surface area contributed by atoms with Crippen molar-refractivity contribution in [2.75, 3.05) is 11.9 Å². The predicted octanol–water partition coefficient (Wildman–Crippen LogP) is -0.242. The van der Waals surface area contributed by atoms with Crippen LogP contribution in [-0.2, 0) is 19.2 Å². The lowest BCUT2D eigenvalue weighted by molar-refractivity contribution is -0.0156. The third-order valence-electron chi connectivity index (χ3n) is 3.39. The number of amidine groups is 1. The monoisotopic (exact) mass is 350 g/mol. The molecule has 1 aromatic rings. The zero-order valence-corrected chi connectivity index (χ0v) is 12.9. The number of aliphatic imine (C=N–C) groups is 1. The molecule has 0 spiro atoms. The van der Waals surface area contributed by atoms with E-state index in [1.165, 1.54) is 0 Å². The third kappa shape index (κ3) is 3.24. The lowest BCUT2D eigenvalue weighted by atomic mass is 10.2. The van der Waals surface area contributed by atoms with E-state index in [-0.39, 0.29) is 24.2 Å². The number of nitrogens with one attached hydrogen (secondary N) is 1. The van der Waals surface area contributed by atoms with Crippen molar-refractivity contribution >= 4 is 33.0 Å². The van der Waals surface area contributed by atoms with Crippen LogP contribution in [0.25, 0.3) is 0 Å². The van der Waals surface area contributed by atoms with Gasteiger partial charge in [0.1, 0.15) is 23.9 Å². The highest BCUT2D eigenvalue weighted by Gasteiger charge is 2.32. The lowest BCUT2D eigenvalue weighted by Gasteiger charge is -2.21. The molecule has 22 heavy (non-hydrogen) atoms. The summed E-state index contributed by atoms with van der Waals surface area (Å²) in [6.45, 7) is -0.124. The molecule has 2 aliphatic heterocycles. The number of rotatable bonds is 4. The topological polar surface area (TPSA) is 147 Å². The number of imidazole rings is 1. The minimum atomic E-state index is -3.97. The van der Waals surface area contributed by atoms with Gasteiger partial charge < -0.3 is 15.8 Å². The second-order valence-corrected chi connectivity index (χ2v) is 6.52. The Kier molecular flexibility index (Phi) is 4.09. The minimum Gasteiger partial charge on any atom is -0.352 e. The number of halogens is 1. The van der Waals surface area contributed by atoms with Crippen LogP contribution in [0.15, 0.2) is 11.3 Å². The first kappa shape index (κ1) is 15.6. The van der Waals surface area contributed by atoms with E-state index in [0.29, 0.717) is 24.4 Å². The van der Waals surface area contributed by atoms with E-state index in [1.807, 2.05) is 0 Å². The van der Waals surface area contributed by atoms with Crippen molar-refractivity contribution in [3.63, 3.8) is 0 Å². The average molecular weight is 351 g/mol. The minimum absolute atomic E-state index is 0.124. The molecule has 0 aliphatic carbocycles. The van der Waals surface area contributed by atoms with E-state index >= 15 is 0 Å². The average Bonchev–Trinajstić information content (AvgIpc) is 3.01. The summed E-state index contributed by atoms with van der Waals surface area (Å²) in [5, 5.41) is 7.86. The van der Waals surface area contributed by atoms with Crippen molar-refractivity contribution in [2.45, 2.75) is 31.3 Å². The van der Waals surface area contributed by atoms with Gasteiger partial charge in [-0.1, -0.05) is 0 Å². The summed E-state index contributed by atoms with van der Waals surface area (Å²) in [7, 11) is -3.97. The molecular formula is C10H15ClN6O4S. The van der Waals surface area contributed by atoms with Gasteiger partial charge in [-0.2, -0.15) is 8.42 Å². The Morgan fingerprint density at radius 2 is 2.32 bits per heavy atom. The Morgan fingerprint density at radius 1 is 1.55 bits per heavy atom. The van der Waals surface area contributed by atoms with Gasteiger partial charge in [0.15, 0.2) is 5.29 Å². The van der Waals surface area contributed by atoms with Gasteiger partial charge in [0, 0.05) is 0 Å². The number of hydrogen-bond donors (Lipinski definition) is 3. The number of aromatic nitrogens is 2. The van der Waals surface area contributed by atoms with Crippen LogP contribution in [0.5, 0.6) is 0 Å². The Morgan fingerprint density at radius 3 is 3.05 bits per heavy atom. The van der Waals surface area contributed by atoms with Crippen LogP contribution in [0.1, 0.15) is 30.9 Å². The summed E-state index contributed by atoms with van der Waals surface area (Å²) in [5.74, 6) is 0.616. The molecular weight excluding hydrogens is 336 g/mol. The first-order chi connectivity index (χ1) is 10.3. The molecule has 0 amide bonds. The fraction of sp³-hybridized carbons (Fsp3) is 0.600. The van der Waals surface area contributed by atoms with E-state index < -0.39 is 16.5 Å². The summed E-state index contributed by atoms with van der Waals surface area (Å²) in [6.07, 6.45) is 1.54. The maximum atomic E-state index is 10.8. The molecule has 1 fully saturated rings. The summed E-state index contributed by atoms with van der Waals surface area (Å²) in [6, 6.07) is 0. The van der Waals surface area contributed by atoms with Gasteiger partial charge in [-0.05, 0) is 24.4 Å². The van der Waals surface area contributed by atoms with Gasteiger partial charge in [-0.3, -0.25) is 8.75 Å². The Balaban J connectivity index is 1.70. The number of fused-ring (bicyclic) bond motifs is 1. The number of anilines is 1. The molecule has 1 saturated heterocycles. The fourth-order valence-electron chi connectivity index (χ4n) is 2.44. The van der Waals surface area contributed by atoms with Crippen LogP contribution >= 0.6 is 11.6 Å². The predicted molar refractivity (Wildman–Crippen MR) is 78.3 cm³/mol. The highest BCUT2D eigenvalue weighted by atomic mass is 35.5. The largest absolute Gasteiger partial charge is 0.352 e. The molecule has 12 heteroatoms. The van der Waals surface area contributed by atoms with Gasteiger partial charge in [0.25, 0.3) is 0 Å². The van der Waals surface area contributed by atoms with Gasteiger partial charge >= 0.3 is 10.3 Å². The maximum Gasteiger partial charge on any atom is 0.333 e. The molecule has 3 heterocycles. The number of ether oxygens (including phenoxy) is 1. The maximum absolute atomic E-state index is 10.8.